The highest BCUT2D eigenvalue weighted by Gasteiger charge is 2.17. The second-order valence-corrected chi connectivity index (χ2v) is 6.07. The van der Waals surface area contributed by atoms with E-state index in [4.69, 9.17) is 16.3 Å². The molecule has 0 saturated carbocycles. The maximum atomic E-state index is 14.3. The molecule has 1 aliphatic rings. The minimum Gasteiger partial charge on any atom is -0.484 e. The fourth-order valence-corrected chi connectivity index (χ4v) is 3.10. The summed E-state index contributed by atoms with van der Waals surface area (Å²) in [5.41, 5.74) is 1.89. The Morgan fingerprint density at radius 1 is 1.18 bits per heavy atom. The molecule has 0 amide bonds. The van der Waals surface area contributed by atoms with Gasteiger partial charge in [-0.05, 0) is 49.1 Å². The molecule has 1 unspecified atom stereocenters. The lowest BCUT2D eigenvalue weighted by atomic mass is 10.0. The first kappa shape index (κ1) is 15.3. The minimum atomic E-state index is -0.392. The molecule has 1 aliphatic heterocycles. The van der Waals surface area contributed by atoms with Crippen LogP contribution in [0.25, 0.3) is 0 Å². The Labute approximate surface area is 135 Å². The van der Waals surface area contributed by atoms with Gasteiger partial charge in [0.1, 0.15) is 6.61 Å². The van der Waals surface area contributed by atoms with Gasteiger partial charge in [0, 0.05) is 6.04 Å². The fourth-order valence-electron chi connectivity index (χ4n) is 2.81. The Kier molecular flexibility index (Phi) is 4.96. The fraction of sp³-hybridized carbons (Fsp3) is 0.333. The normalized spacial score (nSPS) is 17.6. The quantitative estimate of drug-likeness (QED) is 0.884. The third kappa shape index (κ3) is 3.79. The summed E-state index contributed by atoms with van der Waals surface area (Å²) in [5.74, 6) is -0.259. The molecular formula is C18H19ClFNO. The van der Waals surface area contributed by atoms with Crippen LogP contribution in [0.15, 0.2) is 42.5 Å². The third-order valence-electron chi connectivity index (χ3n) is 3.93. The zero-order valence-electron chi connectivity index (χ0n) is 12.3. The molecule has 0 aromatic heterocycles. The predicted octanol–water partition coefficient (Wildman–Crippen LogP) is 4.35. The van der Waals surface area contributed by atoms with Crippen molar-refractivity contribution in [2.24, 2.45) is 0 Å². The van der Waals surface area contributed by atoms with E-state index in [1.54, 1.807) is 0 Å². The first-order chi connectivity index (χ1) is 10.7. The van der Waals surface area contributed by atoms with Gasteiger partial charge in [0.05, 0.1) is 5.02 Å². The predicted molar refractivity (Wildman–Crippen MR) is 86.9 cm³/mol. The molecule has 2 nitrogen and oxygen atoms in total. The Hall–Kier alpha value is -1.58. The lowest BCUT2D eigenvalue weighted by Gasteiger charge is -2.13. The van der Waals surface area contributed by atoms with E-state index in [-0.39, 0.29) is 5.75 Å². The van der Waals surface area contributed by atoms with Gasteiger partial charge in [0.15, 0.2) is 11.6 Å². The molecule has 1 saturated heterocycles. The Balaban J connectivity index is 1.69. The van der Waals surface area contributed by atoms with Gasteiger partial charge in [-0.2, -0.15) is 0 Å². The second-order valence-electron chi connectivity index (χ2n) is 5.66. The number of halogens is 2. The van der Waals surface area contributed by atoms with E-state index in [2.05, 4.69) is 5.32 Å². The van der Waals surface area contributed by atoms with Crippen LogP contribution in [-0.4, -0.2) is 12.6 Å². The first-order valence-electron chi connectivity index (χ1n) is 7.60. The second kappa shape index (κ2) is 7.12. The minimum absolute atomic E-state index is 0.133. The van der Waals surface area contributed by atoms with Gasteiger partial charge < -0.3 is 10.1 Å². The molecule has 0 aliphatic carbocycles. The molecule has 0 spiro atoms. The smallest absolute Gasteiger partial charge is 0.174 e. The molecule has 0 radical (unpaired) electrons. The van der Waals surface area contributed by atoms with Crippen LogP contribution in [0.5, 0.6) is 5.75 Å². The third-order valence-corrected chi connectivity index (χ3v) is 4.21. The van der Waals surface area contributed by atoms with Crippen molar-refractivity contribution in [1.82, 2.24) is 5.32 Å². The zero-order chi connectivity index (χ0) is 15.4. The van der Waals surface area contributed by atoms with Crippen LogP contribution in [-0.2, 0) is 13.0 Å². The summed E-state index contributed by atoms with van der Waals surface area (Å²) < 4.78 is 19.8. The largest absolute Gasteiger partial charge is 0.484 e. The van der Waals surface area contributed by atoms with Crippen molar-refractivity contribution in [2.75, 3.05) is 6.54 Å². The van der Waals surface area contributed by atoms with E-state index in [0.29, 0.717) is 17.7 Å². The maximum Gasteiger partial charge on any atom is 0.174 e. The number of rotatable bonds is 5. The molecule has 0 bridgehead atoms. The van der Waals surface area contributed by atoms with E-state index in [9.17, 15) is 4.39 Å². The van der Waals surface area contributed by atoms with Gasteiger partial charge >= 0.3 is 0 Å². The van der Waals surface area contributed by atoms with Crippen molar-refractivity contribution < 1.29 is 9.13 Å². The molecule has 4 heteroatoms. The van der Waals surface area contributed by atoms with Crippen molar-refractivity contribution in [3.05, 3.63) is 64.4 Å². The van der Waals surface area contributed by atoms with Gasteiger partial charge in [0.2, 0.25) is 0 Å². The lowest BCUT2D eigenvalue weighted by molar-refractivity contribution is 0.290. The van der Waals surface area contributed by atoms with Crippen LogP contribution >= 0.6 is 11.6 Å². The van der Waals surface area contributed by atoms with Crippen LogP contribution in [0.1, 0.15) is 24.0 Å². The van der Waals surface area contributed by atoms with E-state index in [1.807, 2.05) is 36.4 Å². The Morgan fingerprint density at radius 2 is 2.00 bits per heavy atom. The Bertz CT molecular complexity index is 603. The summed E-state index contributed by atoms with van der Waals surface area (Å²) in [6.45, 7) is 1.35. The SMILES string of the molecule is Fc1cc(CC2CCCN2)cc(Cl)c1OCc1ccccc1. The number of nitrogens with one attached hydrogen (secondary N) is 1. The highest BCUT2D eigenvalue weighted by atomic mass is 35.5. The summed E-state index contributed by atoms with van der Waals surface area (Å²) in [6.07, 6.45) is 3.11. The molecule has 2 aromatic carbocycles. The molecule has 1 atom stereocenters. The maximum absolute atomic E-state index is 14.3. The molecule has 2 aromatic rings. The highest BCUT2D eigenvalue weighted by molar-refractivity contribution is 6.32. The van der Waals surface area contributed by atoms with E-state index in [1.165, 1.54) is 12.5 Å². The standard InChI is InChI=1S/C18H19ClFNO/c19-16-10-14(9-15-7-4-8-21-15)11-17(20)18(16)22-12-13-5-2-1-3-6-13/h1-3,5-6,10-11,15,21H,4,7-9,12H2. The van der Waals surface area contributed by atoms with Crippen molar-refractivity contribution in [1.29, 1.82) is 0 Å². The molecular weight excluding hydrogens is 301 g/mol. The number of hydrogen-bond acceptors (Lipinski definition) is 2. The van der Waals surface area contributed by atoms with Gasteiger partial charge in [-0.25, -0.2) is 4.39 Å². The van der Waals surface area contributed by atoms with Crippen LogP contribution in [0.3, 0.4) is 0 Å². The monoisotopic (exact) mass is 319 g/mol. The van der Waals surface area contributed by atoms with Crippen LogP contribution in [0.2, 0.25) is 5.02 Å². The molecule has 3 rings (SSSR count). The average molecular weight is 320 g/mol. The van der Waals surface area contributed by atoms with Crippen LogP contribution in [0.4, 0.5) is 4.39 Å². The number of ether oxygens (including phenoxy) is 1. The van der Waals surface area contributed by atoms with E-state index >= 15 is 0 Å². The molecule has 1 fully saturated rings. The van der Waals surface area contributed by atoms with Gasteiger partial charge in [-0.15, -0.1) is 0 Å². The number of hydrogen-bond donors (Lipinski definition) is 1. The van der Waals surface area contributed by atoms with E-state index < -0.39 is 5.82 Å². The zero-order valence-corrected chi connectivity index (χ0v) is 13.1. The van der Waals surface area contributed by atoms with Gasteiger partial charge in [-0.1, -0.05) is 41.9 Å². The first-order valence-corrected chi connectivity index (χ1v) is 7.98. The van der Waals surface area contributed by atoms with Crippen molar-refractivity contribution >= 4 is 11.6 Å². The highest BCUT2D eigenvalue weighted by Crippen LogP contribution is 2.31. The van der Waals surface area contributed by atoms with Gasteiger partial charge in [0.25, 0.3) is 0 Å². The number of benzene rings is 2. The van der Waals surface area contributed by atoms with Crippen LogP contribution in [0, 0.1) is 5.82 Å². The van der Waals surface area contributed by atoms with Crippen LogP contribution < -0.4 is 10.1 Å². The van der Waals surface area contributed by atoms with Crippen molar-refractivity contribution in [3.63, 3.8) is 0 Å². The molecule has 116 valence electrons. The summed E-state index contributed by atoms with van der Waals surface area (Å²) in [5, 5.41) is 3.75. The summed E-state index contributed by atoms with van der Waals surface area (Å²) in [4.78, 5) is 0. The summed E-state index contributed by atoms with van der Waals surface area (Å²) in [7, 11) is 0. The van der Waals surface area contributed by atoms with E-state index in [0.717, 1.165) is 30.5 Å². The topological polar surface area (TPSA) is 21.3 Å². The van der Waals surface area contributed by atoms with Crippen molar-refractivity contribution in [3.8, 4) is 5.75 Å². The van der Waals surface area contributed by atoms with Gasteiger partial charge in [-0.3, -0.25) is 0 Å². The summed E-state index contributed by atoms with van der Waals surface area (Å²) in [6, 6.07) is 13.4. The lowest BCUT2D eigenvalue weighted by Crippen LogP contribution is -2.23. The molecule has 1 heterocycles. The molecule has 1 N–H and O–H groups in total. The Morgan fingerprint density at radius 3 is 2.68 bits per heavy atom. The average Bonchev–Trinajstić information content (AvgIpc) is 3.00. The molecule has 22 heavy (non-hydrogen) atoms. The summed E-state index contributed by atoms with van der Waals surface area (Å²) >= 11 is 6.20. The van der Waals surface area contributed by atoms with Crippen molar-refractivity contribution in [2.45, 2.75) is 31.9 Å².